The number of carbonyl (C=O) groups is 2. The smallest absolute Gasteiger partial charge is 0.343 e. The van der Waals surface area contributed by atoms with Crippen molar-refractivity contribution >= 4 is 11.8 Å². The van der Waals surface area contributed by atoms with Crippen molar-refractivity contribution in [1.82, 2.24) is 0 Å². The molecule has 0 amide bonds. The SMILES string of the molecule is C[C@]12CC[C@H]3[C@@H](CC=C4C=C(OC(=O)c5ccccc5)CC[C@@H]43)[C@@H]1CCC2=O. The number of hydrogen-bond donors (Lipinski definition) is 0. The molecule has 3 heteroatoms. The normalized spacial score (nSPS) is 36.5. The lowest BCUT2D eigenvalue weighted by atomic mass is 9.53. The summed E-state index contributed by atoms with van der Waals surface area (Å²) in [7, 11) is 0. The summed E-state index contributed by atoms with van der Waals surface area (Å²) in [5.74, 6) is 3.51. The van der Waals surface area contributed by atoms with Crippen LogP contribution >= 0.6 is 0 Å². The Hall–Kier alpha value is -2.16. The molecule has 2 saturated carbocycles. The van der Waals surface area contributed by atoms with E-state index in [9.17, 15) is 9.59 Å². The number of benzene rings is 1. The van der Waals surface area contributed by atoms with Crippen molar-refractivity contribution in [3.05, 3.63) is 59.4 Å². The molecule has 4 aliphatic carbocycles. The van der Waals surface area contributed by atoms with Crippen molar-refractivity contribution in [3.63, 3.8) is 0 Å². The summed E-state index contributed by atoms with van der Waals surface area (Å²) in [5, 5.41) is 0. The molecule has 0 spiro atoms. The van der Waals surface area contributed by atoms with E-state index in [1.165, 1.54) is 12.0 Å². The van der Waals surface area contributed by atoms with E-state index in [4.69, 9.17) is 4.74 Å². The van der Waals surface area contributed by atoms with Gasteiger partial charge in [0.05, 0.1) is 5.56 Å². The molecule has 0 aliphatic heterocycles. The standard InChI is InChI=1S/C25H28O3/c1-25-14-13-20-19-10-8-18(28-24(27)16-5-3-2-4-6-16)15-17(19)7-9-21(20)22(25)11-12-23(25)26/h2-7,15,19-22H,8-14H2,1H3/t19-,20+,21+,22-,25-/m0/s1. The van der Waals surface area contributed by atoms with E-state index in [0.29, 0.717) is 35.0 Å². The number of rotatable bonds is 2. The van der Waals surface area contributed by atoms with Crippen molar-refractivity contribution in [2.45, 2.75) is 51.9 Å². The van der Waals surface area contributed by atoms with Gasteiger partial charge in [0.1, 0.15) is 11.5 Å². The Morgan fingerprint density at radius 2 is 1.89 bits per heavy atom. The molecule has 0 N–H and O–H groups in total. The Balaban J connectivity index is 1.34. The van der Waals surface area contributed by atoms with Gasteiger partial charge in [-0.2, -0.15) is 0 Å². The van der Waals surface area contributed by atoms with Crippen LogP contribution in [0, 0.1) is 29.1 Å². The summed E-state index contributed by atoms with van der Waals surface area (Å²) in [4.78, 5) is 24.9. The summed E-state index contributed by atoms with van der Waals surface area (Å²) in [5.41, 5.74) is 1.89. The lowest BCUT2D eigenvalue weighted by Gasteiger charge is -2.50. The van der Waals surface area contributed by atoms with Gasteiger partial charge in [0.15, 0.2) is 0 Å². The second kappa shape index (κ2) is 6.72. The third kappa shape index (κ3) is 2.78. The van der Waals surface area contributed by atoms with E-state index in [1.807, 2.05) is 18.2 Å². The first-order valence-electron chi connectivity index (χ1n) is 10.8. The molecular formula is C25H28O3. The van der Waals surface area contributed by atoms with E-state index in [0.717, 1.165) is 44.3 Å². The highest BCUT2D eigenvalue weighted by Gasteiger charge is 2.55. The lowest BCUT2D eigenvalue weighted by Crippen LogP contribution is -2.45. The van der Waals surface area contributed by atoms with E-state index in [1.54, 1.807) is 12.1 Å². The van der Waals surface area contributed by atoms with E-state index in [-0.39, 0.29) is 11.4 Å². The average molecular weight is 376 g/mol. The zero-order valence-corrected chi connectivity index (χ0v) is 16.5. The second-order valence-electron chi connectivity index (χ2n) is 9.30. The molecule has 5 atom stereocenters. The predicted molar refractivity (Wildman–Crippen MR) is 107 cm³/mol. The third-order valence-electron chi connectivity index (χ3n) is 8.03. The highest BCUT2D eigenvalue weighted by Crippen LogP contribution is 2.59. The summed E-state index contributed by atoms with van der Waals surface area (Å²) in [6, 6.07) is 9.20. The number of ether oxygens (including phenoxy) is 1. The van der Waals surface area contributed by atoms with Gasteiger partial charge in [-0.25, -0.2) is 4.79 Å². The summed E-state index contributed by atoms with van der Waals surface area (Å²) >= 11 is 0. The molecule has 5 rings (SSSR count). The quantitative estimate of drug-likeness (QED) is 0.642. The zero-order chi connectivity index (χ0) is 19.3. The monoisotopic (exact) mass is 376 g/mol. The van der Waals surface area contributed by atoms with Crippen molar-refractivity contribution in [2.75, 3.05) is 0 Å². The maximum atomic E-state index is 12.5. The fourth-order valence-electron chi connectivity index (χ4n) is 6.53. The fourth-order valence-corrected chi connectivity index (χ4v) is 6.53. The number of fused-ring (bicyclic) bond motifs is 5. The van der Waals surface area contributed by atoms with Crippen LogP contribution < -0.4 is 0 Å². The lowest BCUT2D eigenvalue weighted by molar-refractivity contribution is -0.130. The minimum atomic E-state index is -0.266. The molecule has 3 nitrogen and oxygen atoms in total. The molecule has 0 heterocycles. The highest BCUT2D eigenvalue weighted by molar-refractivity contribution is 5.90. The summed E-state index contributed by atoms with van der Waals surface area (Å²) < 4.78 is 5.70. The first-order valence-corrected chi connectivity index (χ1v) is 10.8. The minimum absolute atomic E-state index is 0.0621. The molecule has 0 unspecified atom stereocenters. The van der Waals surface area contributed by atoms with Gasteiger partial charge in [0.25, 0.3) is 0 Å². The van der Waals surface area contributed by atoms with E-state index < -0.39 is 0 Å². The molecule has 0 radical (unpaired) electrons. The highest BCUT2D eigenvalue weighted by atomic mass is 16.5. The van der Waals surface area contributed by atoms with Crippen LogP contribution in [0.15, 0.2) is 53.8 Å². The van der Waals surface area contributed by atoms with Gasteiger partial charge >= 0.3 is 5.97 Å². The molecular weight excluding hydrogens is 348 g/mol. The predicted octanol–water partition coefficient (Wildman–Crippen LogP) is 5.48. The van der Waals surface area contributed by atoms with Crippen LogP contribution in [0.1, 0.15) is 62.2 Å². The molecule has 0 aromatic heterocycles. The maximum absolute atomic E-state index is 12.5. The van der Waals surface area contributed by atoms with Gasteiger partial charge in [0, 0.05) is 18.3 Å². The number of esters is 1. The Morgan fingerprint density at radius 1 is 1.07 bits per heavy atom. The third-order valence-corrected chi connectivity index (χ3v) is 8.03. The maximum Gasteiger partial charge on any atom is 0.343 e. The Labute approximate surface area is 166 Å². The van der Waals surface area contributed by atoms with Crippen molar-refractivity contribution < 1.29 is 14.3 Å². The van der Waals surface area contributed by atoms with E-state index >= 15 is 0 Å². The van der Waals surface area contributed by atoms with Crippen molar-refractivity contribution in [2.24, 2.45) is 29.1 Å². The molecule has 0 bridgehead atoms. The van der Waals surface area contributed by atoms with Gasteiger partial charge in [-0.15, -0.1) is 0 Å². The molecule has 2 fully saturated rings. The Kier molecular flexibility index (Phi) is 4.30. The van der Waals surface area contributed by atoms with Crippen LogP contribution in [0.4, 0.5) is 0 Å². The Bertz CT molecular complexity index is 865. The largest absolute Gasteiger partial charge is 0.427 e. The van der Waals surface area contributed by atoms with Crippen LogP contribution in [-0.2, 0) is 9.53 Å². The molecule has 146 valence electrons. The molecule has 1 aromatic carbocycles. The van der Waals surface area contributed by atoms with Crippen molar-refractivity contribution in [1.29, 1.82) is 0 Å². The van der Waals surface area contributed by atoms with Gasteiger partial charge < -0.3 is 4.74 Å². The number of carbonyl (C=O) groups excluding carboxylic acids is 2. The summed E-state index contributed by atoms with van der Waals surface area (Å²) in [6.07, 6.45) is 11.5. The minimum Gasteiger partial charge on any atom is -0.427 e. The van der Waals surface area contributed by atoms with Gasteiger partial charge in [-0.05, 0) is 79.6 Å². The van der Waals surface area contributed by atoms with Crippen LogP contribution in [0.3, 0.4) is 0 Å². The number of allylic oxidation sites excluding steroid dienone is 4. The summed E-state index contributed by atoms with van der Waals surface area (Å²) in [6.45, 7) is 2.23. The van der Waals surface area contributed by atoms with Crippen LogP contribution in [0.2, 0.25) is 0 Å². The van der Waals surface area contributed by atoms with Gasteiger partial charge in [-0.3, -0.25) is 4.79 Å². The Morgan fingerprint density at radius 3 is 2.71 bits per heavy atom. The van der Waals surface area contributed by atoms with Crippen LogP contribution in [0.5, 0.6) is 0 Å². The van der Waals surface area contributed by atoms with Crippen LogP contribution in [-0.4, -0.2) is 11.8 Å². The van der Waals surface area contributed by atoms with Gasteiger partial charge in [-0.1, -0.05) is 31.2 Å². The topological polar surface area (TPSA) is 43.4 Å². The molecule has 4 aliphatic rings. The van der Waals surface area contributed by atoms with Gasteiger partial charge in [0.2, 0.25) is 0 Å². The molecule has 0 saturated heterocycles. The first-order chi connectivity index (χ1) is 13.6. The first kappa shape index (κ1) is 17.9. The zero-order valence-electron chi connectivity index (χ0n) is 16.5. The molecule has 28 heavy (non-hydrogen) atoms. The fraction of sp³-hybridized carbons (Fsp3) is 0.520. The average Bonchev–Trinajstić information content (AvgIpc) is 3.03. The van der Waals surface area contributed by atoms with Crippen LogP contribution in [0.25, 0.3) is 0 Å². The number of ketones is 1. The number of Topliss-reactive ketones (excluding diaryl/α,β-unsaturated/α-hetero) is 1. The second-order valence-corrected chi connectivity index (χ2v) is 9.30. The number of hydrogen-bond acceptors (Lipinski definition) is 3. The molecule has 1 aromatic rings. The van der Waals surface area contributed by atoms with E-state index in [2.05, 4.69) is 19.1 Å². The van der Waals surface area contributed by atoms with Crippen molar-refractivity contribution in [3.8, 4) is 0 Å².